The van der Waals surface area contributed by atoms with E-state index in [2.05, 4.69) is 20.8 Å². The second-order valence-corrected chi connectivity index (χ2v) is 4.53. The molecule has 0 amide bonds. The van der Waals surface area contributed by atoms with E-state index in [4.69, 9.17) is 10.5 Å². The lowest BCUT2D eigenvalue weighted by atomic mass is 10.2. The van der Waals surface area contributed by atoms with Gasteiger partial charge in [-0.05, 0) is 41.1 Å². The van der Waals surface area contributed by atoms with Crippen molar-refractivity contribution >= 4 is 21.6 Å². The van der Waals surface area contributed by atoms with Gasteiger partial charge in [0.05, 0.1) is 11.6 Å². The van der Waals surface area contributed by atoms with Gasteiger partial charge in [-0.25, -0.2) is 0 Å². The summed E-state index contributed by atoms with van der Waals surface area (Å²) in [6, 6.07) is 6.15. The maximum atomic E-state index is 5.75. The van der Waals surface area contributed by atoms with Crippen LogP contribution in [-0.4, -0.2) is 26.7 Å². The molecule has 4 heteroatoms. The Hall–Kier alpha value is -0.740. The zero-order valence-electron chi connectivity index (χ0n) is 9.33. The first-order valence-corrected chi connectivity index (χ1v) is 5.64. The first-order valence-electron chi connectivity index (χ1n) is 4.85. The fraction of sp³-hybridized carbons (Fsp3) is 0.455. The molecule has 2 N–H and O–H groups in total. The van der Waals surface area contributed by atoms with Gasteiger partial charge in [-0.1, -0.05) is 0 Å². The molecule has 0 heterocycles. The predicted molar refractivity (Wildman–Crippen MR) is 67.6 cm³/mol. The van der Waals surface area contributed by atoms with Gasteiger partial charge in [-0.15, -0.1) is 0 Å². The highest BCUT2D eigenvalue weighted by molar-refractivity contribution is 9.10. The Morgan fingerprint density at radius 2 is 2.20 bits per heavy atom. The van der Waals surface area contributed by atoms with Crippen LogP contribution in [0.3, 0.4) is 0 Å². The third-order valence-corrected chi connectivity index (χ3v) is 2.76. The molecule has 0 aromatic heterocycles. The van der Waals surface area contributed by atoms with Gasteiger partial charge in [-0.3, -0.25) is 0 Å². The van der Waals surface area contributed by atoms with Crippen molar-refractivity contribution in [1.29, 1.82) is 0 Å². The van der Waals surface area contributed by atoms with Crippen LogP contribution >= 0.6 is 15.9 Å². The number of nitrogens with zero attached hydrogens (tertiary/aromatic N) is 1. The van der Waals surface area contributed by atoms with Crippen molar-refractivity contribution < 1.29 is 4.74 Å². The molecular weight excluding hydrogens is 256 g/mol. The molecule has 0 bridgehead atoms. The summed E-state index contributed by atoms with van der Waals surface area (Å²) in [6.45, 7) is 2.83. The molecule has 0 saturated heterocycles. The Labute approximate surface area is 99.3 Å². The fourth-order valence-electron chi connectivity index (χ4n) is 1.43. The van der Waals surface area contributed by atoms with Crippen molar-refractivity contribution in [3.05, 3.63) is 22.7 Å². The molecule has 0 aliphatic carbocycles. The molecule has 1 rings (SSSR count). The maximum Gasteiger partial charge on any atom is 0.133 e. The summed E-state index contributed by atoms with van der Waals surface area (Å²) in [5, 5.41) is 0. The molecule has 0 radical (unpaired) electrons. The molecule has 1 unspecified atom stereocenters. The zero-order valence-corrected chi connectivity index (χ0v) is 10.9. The number of halogens is 1. The van der Waals surface area contributed by atoms with Crippen LogP contribution in [0.15, 0.2) is 22.7 Å². The molecule has 0 aliphatic rings. The SMILES string of the molecule is COc1ccc(N(C)CC(C)N)cc1Br. The lowest BCUT2D eigenvalue weighted by Crippen LogP contribution is -2.32. The quantitative estimate of drug-likeness (QED) is 0.914. The fourth-order valence-corrected chi connectivity index (χ4v) is 1.96. The lowest BCUT2D eigenvalue weighted by Gasteiger charge is -2.22. The maximum absolute atomic E-state index is 5.75. The number of hydrogen-bond donors (Lipinski definition) is 1. The summed E-state index contributed by atoms with van der Waals surface area (Å²) >= 11 is 3.46. The van der Waals surface area contributed by atoms with Gasteiger partial charge < -0.3 is 15.4 Å². The van der Waals surface area contributed by atoms with E-state index in [1.54, 1.807) is 7.11 Å². The standard InChI is InChI=1S/C11H17BrN2O/c1-8(13)7-14(2)9-4-5-11(15-3)10(12)6-9/h4-6,8H,7,13H2,1-3H3. The largest absolute Gasteiger partial charge is 0.496 e. The minimum atomic E-state index is 0.163. The number of anilines is 1. The Balaban J connectivity index is 2.82. The zero-order chi connectivity index (χ0) is 11.4. The van der Waals surface area contributed by atoms with E-state index in [1.165, 1.54) is 0 Å². The Bertz CT molecular complexity index is 328. The molecule has 0 saturated carbocycles. The van der Waals surface area contributed by atoms with Gasteiger partial charge in [0.15, 0.2) is 0 Å². The summed E-state index contributed by atoms with van der Waals surface area (Å²) in [4.78, 5) is 2.12. The molecule has 3 nitrogen and oxygen atoms in total. The third-order valence-electron chi connectivity index (χ3n) is 2.14. The van der Waals surface area contributed by atoms with Crippen LogP contribution in [0.5, 0.6) is 5.75 Å². The predicted octanol–water partition coefficient (Wildman–Crippen LogP) is 2.24. The first-order chi connectivity index (χ1) is 7.04. The average molecular weight is 273 g/mol. The average Bonchev–Trinajstić information content (AvgIpc) is 2.16. The monoisotopic (exact) mass is 272 g/mol. The van der Waals surface area contributed by atoms with E-state index in [9.17, 15) is 0 Å². The van der Waals surface area contributed by atoms with Gasteiger partial charge in [0.1, 0.15) is 5.75 Å². The highest BCUT2D eigenvalue weighted by Gasteiger charge is 2.06. The van der Waals surface area contributed by atoms with Crippen LogP contribution in [0.25, 0.3) is 0 Å². The van der Waals surface area contributed by atoms with E-state index in [0.717, 1.165) is 22.5 Å². The Kier molecular flexibility index (Phi) is 4.42. The Morgan fingerprint density at radius 3 is 2.67 bits per heavy atom. The molecular formula is C11H17BrN2O. The molecule has 0 fully saturated rings. The van der Waals surface area contributed by atoms with Crippen molar-refractivity contribution in [2.75, 3.05) is 25.6 Å². The second kappa shape index (κ2) is 5.37. The number of hydrogen-bond acceptors (Lipinski definition) is 3. The molecule has 84 valence electrons. The highest BCUT2D eigenvalue weighted by Crippen LogP contribution is 2.28. The molecule has 0 aliphatic heterocycles. The molecule has 1 aromatic rings. The first kappa shape index (κ1) is 12.3. The van der Waals surface area contributed by atoms with Crippen LogP contribution in [0, 0.1) is 0 Å². The smallest absolute Gasteiger partial charge is 0.133 e. The van der Waals surface area contributed by atoms with E-state index < -0.39 is 0 Å². The number of methoxy groups -OCH3 is 1. The van der Waals surface area contributed by atoms with Crippen LogP contribution in [0.4, 0.5) is 5.69 Å². The second-order valence-electron chi connectivity index (χ2n) is 3.68. The van der Waals surface area contributed by atoms with E-state index in [1.807, 2.05) is 32.2 Å². The van der Waals surface area contributed by atoms with Gasteiger partial charge in [0.25, 0.3) is 0 Å². The van der Waals surface area contributed by atoms with E-state index in [0.29, 0.717) is 0 Å². The van der Waals surface area contributed by atoms with Gasteiger partial charge in [-0.2, -0.15) is 0 Å². The minimum Gasteiger partial charge on any atom is -0.496 e. The Morgan fingerprint density at radius 1 is 1.53 bits per heavy atom. The van der Waals surface area contributed by atoms with Crippen LogP contribution < -0.4 is 15.4 Å². The molecule has 0 spiro atoms. The van der Waals surface area contributed by atoms with Crippen LogP contribution in [-0.2, 0) is 0 Å². The summed E-state index contributed by atoms with van der Waals surface area (Å²) in [7, 11) is 3.68. The van der Waals surface area contributed by atoms with Gasteiger partial charge >= 0.3 is 0 Å². The highest BCUT2D eigenvalue weighted by atomic mass is 79.9. The molecule has 15 heavy (non-hydrogen) atoms. The van der Waals surface area contributed by atoms with Crippen molar-refractivity contribution in [3.63, 3.8) is 0 Å². The summed E-state index contributed by atoms with van der Waals surface area (Å²) in [5.74, 6) is 0.841. The van der Waals surface area contributed by atoms with Gasteiger partial charge in [0, 0.05) is 25.3 Å². The molecule has 1 atom stereocenters. The number of rotatable bonds is 4. The van der Waals surface area contributed by atoms with Crippen molar-refractivity contribution in [2.24, 2.45) is 5.73 Å². The molecule has 1 aromatic carbocycles. The summed E-state index contributed by atoms with van der Waals surface area (Å²) in [6.07, 6.45) is 0. The van der Waals surface area contributed by atoms with Crippen molar-refractivity contribution in [3.8, 4) is 5.75 Å². The normalized spacial score (nSPS) is 12.3. The number of benzene rings is 1. The number of likely N-dealkylation sites (N-methyl/N-ethyl adjacent to an activating group) is 1. The van der Waals surface area contributed by atoms with Gasteiger partial charge in [0.2, 0.25) is 0 Å². The third kappa shape index (κ3) is 3.39. The van der Waals surface area contributed by atoms with Crippen molar-refractivity contribution in [2.45, 2.75) is 13.0 Å². The summed E-state index contributed by atoms with van der Waals surface area (Å²) < 4.78 is 6.13. The lowest BCUT2D eigenvalue weighted by molar-refractivity contribution is 0.412. The van der Waals surface area contributed by atoms with E-state index >= 15 is 0 Å². The van der Waals surface area contributed by atoms with E-state index in [-0.39, 0.29) is 6.04 Å². The van der Waals surface area contributed by atoms with Crippen LogP contribution in [0.1, 0.15) is 6.92 Å². The number of nitrogens with two attached hydrogens (primary N) is 1. The topological polar surface area (TPSA) is 38.5 Å². The number of ether oxygens (including phenoxy) is 1. The summed E-state index contributed by atoms with van der Waals surface area (Å²) in [5.41, 5.74) is 6.87. The van der Waals surface area contributed by atoms with Crippen LogP contribution in [0.2, 0.25) is 0 Å². The minimum absolute atomic E-state index is 0.163. The van der Waals surface area contributed by atoms with Crippen molar-refractivity contribution in [1.82, 2.24) is 0 Å².